The van der Waals surface area contributed by atoms with Gasteiger partial charge in [0.25, 0.3) is 5.56 Å². The topological polar surface area (TPSA) is 48.1 Å². The highest BCUT2D eigenvalue weighted by Crippen LogP contribution is 2.16. The van der Waals surface area contributed by atoms with E-state index in [1.807, 2.05) is 13.1 Å². The molecule has 1 aromatic heterocycles. The minimum Gasteiger partial charge on any atom is -0.326 e. The lowest BCUT2D eigenvalue weighted by Crippen LogP contribution is -2.33. The molecule has 16 heavy (non-hydrogen) atoms. The molecule has 0 saturated heterocycles. The van der Waals surface area contributed by atoms with Gasteiger partial charge in [-0.05, 0) is 25.2 Å². The van der Waals surface area contributed by atoms with Crippen LogP contribution in [0.3, 0.4) is 0 Å². The molecule has 0 atom stereocenters. The maximum atomic E-state index is 11.7. The summed E-state index contributed by atoms with van der Waals surface area (Å²) in [7, 11) is 1.86. The van der Waals surface area contributed by atoms with Crippen LogP contribution in [0.4, 0.5) is 0 Å². The zero-order valence-corrected chi connectivity index (χ0v) is 9.97. The second-order valence-electron chi connectivity index (χ2n) is 4.28. The van der Waals surface area contributed by atoms with Crippen molar-refractivity contribution in [1.29, 1.82) is 0 Å². The normalized spacial score (nSPS) is 16.1. The van der Waals surface area contributed by atoms with Crippen LogP contribution in [0.5, 0.6) is 0 Å². The molecule has 2 rings (SSSR count). The van der Waals surface area contributed by atoms with Gasteiger partial charge in [0, 0.05) is 37.3 Å². The van der Waals surface area contributed by atoms with Crippen LogP contribution in [0, 0.1) is 0 Å². The lowest BCUT2D eigenvalue weighted by Gasteiger charge is -2.27. The number of hydrogen-bond donors (Lipinski definition) is 2. The second-order valence-corrected chi connectivity index (χ2v) is 4.28. The van der Waals surface area contributed by atoms with Gasteiger partial charge in [0.1, 0.15) is 0 Å². The third-order valence-corrected chi connectivity index (χ3v) is 3.18. The van der Waals surface area contributed by atoms with Gasteiger partial charge in [0.15, 0.2) is 0 Å². The Morgan fingerprint density at radius 3 is 3.06 bits per heavy atom. The standard InChI is InChI=1S/C12H19N3O/c1-3-15-5-4-11-10(8-15)6-9(7-13-2)12(16)14-11/h6,13H,3-5,7-8H2,1-2H3,(H,14,16). The van der Waals surface area contributed by atoms with Gasteiger partial charge >= 0.3 is 0 Å². The molecule has 1 aliphatic rings. The van der Waals surface area contributed by atoms with Gasteiger partial charge in [0.05, 0.1) is 0 Å². The summed E-state index contributed by atoms with van der Waals surface area (Å²) in [5, 5.41) is 3.02. The summed E-state index contributed by atoms with van der Waals surface area (Å²) in [6.07, 6.45) is 0.957. The number of H-pyrrole nitrogens is 1. The van der Waals surface area contributed by atoms with Gasteiger partial charge < -0.3 is 10.3 Å². The predicted octanol–water partition coefficient (Wildman–Crippen LogP) is 0.472. The largest absolute Gasteiger partial charge is 0.326 e. The second kappa shape index (κ2) is 4.80. The van der Waals surface area contributed by atoms with Gasteiger partial charge in [-0.2, -0.15) is 0 Å². The maximum absolute atomic E-state index is 11.7. The molecular formula is C12H19N3O. The third kappa shape index (κ3) is 2.18. The molecule has 0 aliphatic carbocycles. The number of fused-ring (bicyclic) bond motifs is 1. The molecule has 4 nitrogen and oxygen atoms in total. The molecule has 4 heteroatoms. The van der Waals surface area contributed by atoms with Gasteiger partial charge in [-0.1, -0.05) is 6.92 Å². The molecule has 88 valence electrons. The van der Waals surface area contributed by atoms with Crippen molar-refractivity contribution in [3.05, 3.63) is 33.2 Å². The molecule has 2 N–H and O–H groups in total. The van der Waals surface area contributed by atoms with E-state index in [0.717, 1.165) is 37.3 Å². The van der Waals surface area contributed by atoms with Crippen LogP contribution in [0.25, 0.3) is 0 Å². The van der Waals surface area contributed by atoms with E-state index < -0.39 is 0 Å². The first-order chi connectivity index (χ1) is 7.74. The summed E-state index contributed by atoms with van der Waals surface area (Å²) in [6.45, 7) is 5.88. The number of nitrogens with one attached hydrogen (secondary N) is 2. The first-order valence-electron chi connectivity index (χ1n) is 5.85. The van der Waals surface area contributed by atoms with E-state index in [1.165, 1.54) is 5.56 Å². The van der Waals surface area contributed by atoms with E-state index in [0.29, 0.717) is 6.54 Å². The zero-order chi connectivity index (χ0) is 11.5. The van der Waals surface area contributed by atoms with Crippen LogP contribution in [-0.4, -0.2) is 30.0 Å². The van der Waals surface area contributed by atoms with Gasteiger partial charge in [-0.3, -0.25) is 9.69 Å². The maximum Gasteiger partial charge on any atom is 0.252 e. The molecule has 0 spiro atoms. The number of nitrogens with zero attached hydrogens (tertiary/aromatic N) is 1. The van der Waals surface area contributed by atoms with Crippen molar-refractivity contribution in [2.24, 2.45) is 0 Å². The van der Waals surface area contributed by atoms with E-state index >= 15 is 0 Å². The Morgan fingerprint density at radius 2 is 2.38 bits per heavy atom. The molecule has 1 aromatic rings. The minimum atomic E-state index is 0.0537. The van der Waals surface area contributed by atoms with Crippen molar-refractivity contribution in [2.75, 3.05) is 20.1 Å². The molecule has 0 saturated carbocycles. The van der Waals surface area contributed by atoms with Gasteiger partial charge in [-0.15, -0.1) is 0 Å². The van der Waals surface area contributed by atoms with Crippen LogP contribution < -0.4 is 10.9 Å². The Bertz CT molecular complexity index is 425. The summed E-state index contributed by atoms with van der Waals surface area (Å²) < 4.78 is 0. The van der Waals surface area contributed by atoms with Crippen LogP contribution in [0.1, 0.15) is 23.7 Å². The fourth-order valence-corrected chi connectivity index (χ4v) is 2.21. The van der Waals surface area contributed by atoms with E-state index in [4.69, 9.17) is 0 Å². The van der Waals surface area contributed by atoms with Crippen LogP contribution in [-0.2, 0) is 19.5 Å². The number of rotatable bonds is 3. The molecule has 1 aliphatic heterocycles. The zero-order valence-electron chi connectivity index (χ0n) is 9.97. The Balaban J connectivity index is 2.32. The average molecular weight is 221 g/mol. The van der Waals surface area contributed by atoms with Crippen molar-refractivity contribution in [2.45, 2.75) is 26.4 Å². The quantitative estimate of drug-likeness (QED) is 0.780. The smallest absolute Gasteiger partial charge is 0.252 e. The molecule has 2 heterocycles. The van der Waals surface area contributed by atoms with Crippen molar-refractivity contribution in [3.63, 3.8) is 0 Å². The number of aromatic nitrogens is 1. The molecule has 0 amide bonds. The molecule has 0 unspecified atom stereocenters. The minimum absolute atomic E-state index is 0.0537. The first-order valence-corrected chi connectivity index (χ1v) is 5.85. The van der Waals surface area contributed by atoms with E-state index in [2.05, 4.69) is 22.1 Å². The Hall–Kier alpha value is -1.13. The number of likely N-dealkylation sites (N-methyl/N-ethyl adjacent to an activating group) is 1. The lowest BCUT2D eigenvalue weighted by atomic mass is 10.0. The summed E-state index contributed by atoms with van der Waals surface area (Å²) in [5.74, 6) is 0. The Kier molecular flexibility index (Phi) is 3.41. The molecular weight excluding hydrogens is 202 g/mol. The molecule has 0 aromatic carbocycles. The van der Waals surface area contributed by atoms with E-state index in [1.54, 1.807) is 0 Å². The van der Waals surface area contributed by atoms with Crippen molar-refractivity contribution >= 4 is 0 Å². The first kappa shape index (κ1) is 11.4. The fourth-order valence-electron chi connectivity index (χ4n) is 2.21. The fraction of sp³-hybridized carbons (Fsp3) is 0.583. The van der Waals surface area contributed by atoms with E-state index in [9.17, 15) is 4.79 Å². The van der Waals surface area contributed by atoms with Gasteiger partial charge in [-0.25, -0.2) is 0 Å². The van der Waals surface area contributed by atoms with Crippen LogP contribution in [0.15, 0.2) is 10.9 Å². The lowest BCUT2D eigenvalue weighted by molar-refractivity contribution is 0.265. The predicted molar refractivity (Wildman–Crippen MR) is 64.5 cm³/mol. The summed E-state index contributed by atoms with van der Waals surface area (Å²) >= 11 is 0. The van der Waals surface area contributed by atoms with Crippen LogP contribution >= 0.6 is 0 Å². The third-order valence-electron chi connectivity index (χ3n) is 3.18. The monoisotopic (exact) mass is 221 g/mol. The summed E-state index contributed by atoms with van der Waals surface area (Å²) in [6, 6.07) is 2.05. The highest BCUT2D eigenvalue weighted by Gasteiger charge is 2.16. The number of hydrogen-bond acceptors (Lipinski definition) is 3. The Labute approximate surface area is 95.7 Å². The Morgan fingerprint density at radius 1 is 1.56 bits per heavy atom. The summed E-state index contributed by atoms with van der Waals surface area (Å²) in [5.41, 5.74) is 3.28. The molecule has 0 bridgehead atoms. The highest BCUT2D eigenvalue weighted by molar-refractivity contribution is 5.27. The van der Waals surface area contributed by atoms with Crippen molar-refractivity contribution in [3.8, 4) is 0 Å². The van der Waals surface area contributed by atoms with Gasteiger partial charge in [0.2, 0.25) is 0 Å². The number of aromatic amines is 1. The van der Waals surface area contributed by atoms with Crippen molar-refractivity contribution in [1.82, 2.24) is 15.2 Å². The molecule has 0 fully saturated rings. The number of pyridine rings is 1. The molecule has 0 radical (unpaired) electrons. The van der Waals surface area contributed by atoms with Crippen molar-refractivity contribution < 1.29 is 0 Å². The van der Waals surface area contributed by atoms with Crippen LogP contribution in [0.2, 0.25) is 0 Å². The average Bonchev–Trinajstić information content (AvgIpc) is 2.30. The highest BCUT2D eigenvalue weighted by atomic mass is 16.1. The van der Waals surface area contributed by atoms with E-state index in [-0.39, 0.29) is 5.56 Å². The SMILES string of the molecule is CCN1CCc2[nH]c(=O)c(CNC)cc2C1. The summed E-state index contributed by atoms with van der Waals surface area (Å²) in [4.78, 5) is 17.1.